The van der Waals surface area contributed by atoms with Crippen LogP contribution >= 0.6 is 23.7 Å². The number of nitrogens with one attached hydrogen (secondary N) is 2. The molecule has 0 aliphatic heterocycles. The van der Waals surface area contributed by atoms with Crippen LogP contribution in [0.1, 0.15) is 39.6 Å². The number of carbonyl (C=O) groups excluding carboxylic acids is 2. The molecule has 0 bridgehead atoms. The van der Waals surface area contributed by atoms with E-state index in [1.807, 2.05) is 17.5 Å². The van der Waals surface area contributed by atoms with Crippen LogP contribution in [-0.2, 0) is 11.2 Å². The Morgan fingerprint density at radius 1 is 1.24 bits per heavy atom. The van der Waals surface area contributed by atoms with Crippen molar-refractivity contribution in [3.63, 3.8) is 0 Å². The molecular weight excluding hydrogens is 358 g/mol. The number of rotatable bonds is 5. The second-order valence-corrected chi connectivity index (χ2v) is 6.82. The van der Waals surface area contributed by atoms with Gasteiger partial charge in [0.1, 0.15) is 0 Å². The number of hydrogen-bond acceptors (Lipinski definition) is 4. The fourth-order valence-corrected chi connectivity index (χ4v) is 4.04. The summed E-state index contributed by atoms with van der Waals surface area (Å²) >= 11 is 1.71. The van der Waals surface area contributed by atoms with E-state index in [4.69, 9.17) is 5.73 Å². The number of anilines is 1. The SMILES string of the molecule is Cl.NCCNC(=O)c1ccccc1NC(=O)C1CCCc2sccc21. The van der Waals surface area contributed by atoms with Gasteiger partial charge in [-0.2, -0.15) is 0 Å². The molecule has 1 atom stereocenters. The van der Waals surface area contributed by atoms with Crippen LogP contribution < -0.4 is 16.4 Å². The van der Waals surface area contributed by atoms with Crippen molar-refractivity contribution in [2.75, 3.05) is 18.4 Å². The third kappa shape index (κ3) is 4.39. The van der Waals surface area contributed by atoms with Crippen molar-refractivity contribution in [1.82, 2.24) is 5.32 Å². The maximum absolute atomic E-state index is 12.8. The minimum atomic E-state index is -0.226. The molecule has 25 heavy (non-hydrogen) atoms. The molecule has 5 nitrogen and oxygen atoms in total. The van der Waals surface area contributed by atoms with E-state index in [1.54, 1.807) is 29.5 Å². The Morgan fingerprint density at radius 3 is 2.84 bits per heavy atom. The predicted octanol–water partition coefficient (Wildman–Crippen LogP) is 2.92. The summed E-state index contributed by atoms with van der Waals surface area (Å²) in [5.74, 6) is -0.412. The van der Waals surface area contributed by atoms with Crippen molar-refractivity contribution >= 4 is 41.2 Å². The highest BCUT2D eigenvalue weighted by Gasteiger charge is 2.28. The number of para-hydroxylation sites is 1. The first-order chi connectivity index (χ1) is 11.7. The summed E-state index contributed by atoms with van der Waals surface area (Å²) in [6, 6.07) is 9.10. The zero-order valence-corrected chi connectivity index (χ0v) is 15.4. The summed E-state index contributed by atoms with van der Waals surface area (Å²) in [5.41, 5.74) is 7.56. The standard InChI is InChI=1S/C18H21N3O2S.ClH/c19-9-10-20-17(22)14-4-1-2-6-15(14)21-18(23)13-5-3-7-16-12(13)8-11-24-16;/h1-2,4,6,8,11,13H,3,5,7,9-10,19H2,(H,20,22)(H,21,23);1H. The van der Waals surface area contributed by atoms with E-state index in [1.165, 1.54) is 4.88 Å². The first-order valence-electron chi connectivity index (χ1n) is 8.15. The Balaban J connectivity index is 0.00000225. The summed E-state index contributed by atoms with van der Waals surface area (Å²) in [7, 11) is 0. The van der Waals surface area contributed by atoms with Gasteiger partial charge in [-0.3, -0.25) is 9.59 Å². The molecule has 4 N–H and O–H groups in total. The zero-order chi connectivity index (χ0) is 16.9. The molecule has 3 rings (SSSR count). The second kappa shape index (κ2) is 8.99. The molecule has 2 amide bonds. The number of thiophene rings is 1. The maximum atomic E-state index is 12.8. The molecule has 1 aliphatic carbocycles. The highest BCUT2D eigenvalue weighted by atomic mass is 35.5. The lowest BCUT2D eigenvalue weighted by molar-refractivity contribution is -0.117. The Hall–Kier alpha value is -1.89. The van der Waals surface area contributed by atoms with Crippen molar-refractivity contribution in [3.8, 4) is 0 Å². The third-order valence-corrected chi connectivity index (χ3v) is 5.22. The predicted molar refractivity (Wildman–Crippen MR) is 104 cm³/mol. The van der Waals surface area contributed by atoms with Crippen LogP contribution in [-0.4, -0.2) is 24.9 Å². The average Bonchev–Trinajstić information content (AvgIpc) is 3.08. The smallest absolute Gasteiger partial charge is 0.253 e. The Bertz CT molecular complexity index is 747. The molecule has 0 spiro atoms. The average molecular weight is 380 g/mol. The Morgan fingerprint density at radius 2 is 2.04 bits per heavy atom. The quantitative estimate of drug-likeness (QED) is 0.746. The fourth-order valence-electron chi connectivity index (χ4n) is 3.05. The van der Waals surface area contributed by atoms with E-state index in [0.29, 0.717) is 24.3 Å². The topological polar surface area (TPSA) is 84.2 Å². The van der Waals surface area contributed by atoms with Crippen LogP contribution in [0.25, 0.3) is 0 Å². The van der Waals surface area contributed by atoms with Crippen molar-refractivity contribution in [3.05, 3.63) is 51.7 Å². The van der Waals surface area contributed by atoms with E-state index in [9.17, 15) is 9.59 Å². The van der Waals surface area contributed by atoms with Gasteiger partial charge in [0.25, 0.3) is 5.91 Å². The molecule has 1 aliphatic rings. The molecule has 0 saturated heterocycles. The normalized spacial score (nSPS) is 15.6. The summed E-state index contributed by atoms with van der Waals surface area (Å²) in [4.78, 5) is 26.3. The maximum Gasteiger partial charge on any atom is 0.253 e. The molecule has 2 aromatic rings. The van der Waals surface area contributed by atoms with Gasteiger partial charge in [-0.15, -0.1) is 23.7 Å². The van der Waals surface area contributed by atoms with Gasteiger partial charge in [0.2, 0.25) is 5.91 Å². The minimum absolute atomic E-state index is 0. The highest BCUT2D eigenvalue weighted by molar-refractivity contribution is 7.10. The molecule has 0 saturated carbocycles. The number of nitrogens with two attached hydrogens (primary N) is 1. The van der Waals surface area contributed by atoms with Crippen molar-refractivity contribution in [2.24, 2.45) is 5.73 Å². The number of hydrogen-bond donors (Lipinski definition) is 3. The Labute approximate surface area is 157 Å². The third-order valence-electron chi connectivity index (χ3n) is 4.23. The van der Waals surface area contributed by atoms with Gasteiger partial charge >= 0.3 is 0 Å². The lowest BCUT2D eigenvalue weighted by Gasteiger charge is -2.22. The van der Waals surface area contributed by atoms with Gasteiger partial charge < -0.3 is 16.4 Å². The van der Waals surface area contributed by atoms with Gasteiger partial charge in [0.15, 0.2) is 0 Å². The number of benzene rings is 1. The lowest BCUT2D eigenvalue weighted by Crippen LogP contribution is -2.30. The lowest BCUT2D eigenvalue weighted by atomic mass is 9.87. The van der Waals surface area contributed by atoms with Gasteiger partial charge in [-0.1, -0.05) is 12.1 Å². The van der Waals surface area contributed by atoms with Crippen LogP contribution in [0.15, 0.2) is 35.7 Å². The Kier molecular flexibility index (Phi) is 6.99. The molecule has 0 radical (unpaired) electrons. The highest BCUT2D eigenvalue weighted by Crippen LogP contribution is 2.35. The van der Waals surface area contributed by atoms with Gasteiger partial charge in [0.05, 0.1) is 17.2 Å². The summed E-state index contributed by atoms with van der Waals surface area (Å²) in [5, 5.41) is 7.73. The van der Waals surface area contributed by atoms with Crippen molar-refractivity contribution < 1.29 is 9.59 Å². The van der Waals surface area contributed by atoms with Gasteiger partial charge in [0, 0.05) is 18.0 Å². The molecule has 1 heterocycles. The molecule has 1 unspecified atom stereocenters. The monoisotopic (exact) mass is 379 g/mol. The number of aryl methyl sites for hydroxylation is 1. The first kappa shape index (κ1) is 19.4. The second-order valence-electron chi connectivity index (χ2n) is 5.82. The van der Waals surface area contributed by atoms with Crippen LogP contribution in [0.5, 0.6) is 0 Å². The van der Waals surface area contributed by atoms with E-state index in [-0.39, 0.29) is 30.1 Å². The number of carbonyl (C=O) groups is 2. The zero-order valence-electron chi connectivity index (χ0n) is 13.8. The molecular formula is C18H22ClN3O2S. The van der Waals surface area contributed by atoms with Crippen molar-refractivity contribution in [1.29, 1.82) is 0 Å². The fraction of sp³-hybridized carbons (Fsp3) is 0.333. The molecule has 1 aromatic heterocycles. The number of fused-ring (bicyclic) bond motifs is 1. The van der Waals surface area contributed by atoms with E-state index in [2.05, 4.69) is 10.6 Å². The van der Waals surface area contributed by atoms with Gasteiger partial charge in [-0.25, -0.2) is 0 Å². The summed E-state index contributed by atoms with van der Waals surface area (Å²) in [6.45, 7) is 0.783. The van der Waals surface area contributed by atoms with Crippen LogP contribution in [0.3, 0.4) is 0 Å². The van der Waals surface area contributed by atoms with Crippen LogP contribution in [0.4, 0.5) is 5.69 Å². The van der Waals surface area contributed by atoms with E-state index >= 15 is 0 Å². The summed E-state index contributed by atoms with van der Waals surface area (Å²) in [6.07, 6.45) is 2.91. The molecule has 0 fully saturated rings. The molecule has 7 heteroatoms. The van der Waals surface area contributed by atoms with E-state index < -0.39 is 0 Å². The molecule has 134 valence electrons. The van der Waals surface area contributed by atoms with Crippen LogP contribution in [0.2, 0.25) is 0 Å². The molecule has 1 aromatic carbocycles. The number of halogens is 1. The van der Waals surface area contributed by atoms with Gasteiger partial charge in [-0.05, 0) is 48.4 Å². The largest absolute Gasteiger partial charge is 0.351 e. The van der Waals surface area contributed by atoms with Crippen molar-refractivity contribution in [2.45, 2.75) is 25.2 Å². The number of amides is 2. The van der Waals surface area contributed by atoms with Crippen LogP contribution in [0, 0.1) is 0 Å². The summed E-state index contributed by atoms with van der Waals surface area (Å²) < 4.78 is 0. The minimum Gasteiger partial charge on any atom is -0.351 e. The first-order valence-corrected chi connectivity index (χ1v) is 9.03. The van der Waals surface area contributed by atoms with E-state index in [0.717, 1.165) is 24.8 Å².